The second kappa shape index (κ2) is 6.12. The lowest BCUT2D eigenvalue weighted by Gasteiger charge is -2.06. The molecule has 25 heavy (non-hydrogen) atoms. The molecule has 2 aromatic carbocycles. The van der Waals surface area contributed by atoms with Crippen LogP contribution in [-0.2, 0) is 6.54 Å². The molecule has 128 valence electrons. The average molecular weight is 338 g/mol. The molecule has 3 aromatic rings. The first-order valence-corrected chi connectivity index (χ1v) is 8.17. The van der Waals surface area contributed by atoms with E-state index in [0.717, 1.165) is 16.8 Å². The van der Waals surface area contributed by atoms with Gasteiger partial charge >= 0.3 is 0 Å². The summed E-state index contributed by atoms with van der Waals surface area (Å²) in [6.07, 6.45) is 0. The summed E-state index contributed by atoms with van der Waals surface area (Å²) in [6, 6.07) is 10.9. The smallest absolute Gasteiger partial charge is 0.251 e. The van der Waals surface area contributed by atoms with Crippen molar-refractivity contribution in [3.05, 3.63) is 53.4 Å². The summed E-state index contributed by atoms with van der Waals surface area (Å²) in [4.78, 5) is 16.8. The lowest BCUT2D eigenvalue weighted by Crippen LogP contribution is -2.22. The molecule has 0 atom stereocenters. The number of oxazole rings is 1. The quantitative estimate of drug-likeness (QED) is 0.787. The van der Waals surface area contributed by atoms with E-state index in [0.29, 0.717) is 29.3 Å². The van der Waals surface area contributed by atoms with Crippen LogP contribution in [0, 0.1) is 0 Å². The lowest BCUT2D eigenvalue weighted by atomic mass is 10.1. The number of benzene rings is 2. The van der Waals surface area contributed by atoms with Gasteiger partial charge in [-0.15, -0.1) is 0 Å². The molecule has 0 spiro atoms. The van der Waals surface area contributed by atoms with Crippen molar-refractivity contribution >= 4 is 17.0 Å². The predicted molar refractivity (Wildman–Crippen MR) is 91.8 cm³/mol. The van der Waals surface area contributed by atoms with E-state index < -0.39 is 0 Å². The maximum atomic E-state index is 12.4. The number of rotatable bonds is 4. The number of nitrogens with zero attached hydrogens (tertiary/aromatic N) is 1. The minimum atomic E-state index is -0.165. The summed E-state index contributed by atoms with van der Waals surface area (Å²) in [7, 11) is 0. The third kappa shape index (κ3) is 3.03. The SMILES string of the molecule is CC(C)c1nc2ccc(C(=O)NCc3ccc4c(c3)OCO4)cc2o1. The van der Waals surface area contributed by atoms with E-state index >= 15 is 0 Å². The Hall–Kier alpha value is -3.02. The summed E-state index contributed by atoms with van der Waals surface area (Å²) in [6.45, 7) is 4.68. The fourth-order valence-electron chi connectivity index (χ4n) is 2.67. The normalized spacial score (nSPS) is 12.8. The van der Waals surface area contributed by atoms with Crippen LogP contribution in [0.5, 0.6) is 11.5 Å². The first-order chi connectivity index (χ1) is 12.1. The van der Waals surface area contributed by atoms with E-state index in [1.165, 1.54) is 0 Å². The zero-order valence-electron chi connectivity index (χ0n) is 14.0. The molecule has 6 nitrogen and oxygen atoms in total. The molecule has 0 unspecified atom stereocenters. The molecule has 4 rings (SSSR count). The standard InChI is InChI=1S/C19H18N2O4/c1-11(2)19-21-14-5-4-13(8-16(14)25-19)18(22)20-9-12-3-6-15-17(7-12)24-10-23-15/h3-8,11H,9-10H2,1-2H3,(H,20,22). The Morgan fingerprint density at radius 1 is 1.16 bits per heavy atom. The van der Waals surface area contributed by atoms with Gasteiger partial charge in [-0.05, 0) is 35.9 Å². The second-order valence-electron chi connectivity index (χ2n) is 6.26. The Morgan fingerprint density at radius 3 is 2.84 bits per heavy atom. The number of amides is 1. The van der Waals surface area contributed by atoms with Crippen molar-refractivity contribution in [2.24, 2.45) is 0 Å². The minimum absolute atomic E-state index is 0.165. The number of hydrogen-bond acceptors (Lipinski definition) is 5. The topological polar surface area (TPSA) is 73.6 Å². The van der Waals surface area contributed by atoms with Gasteiger partial charge in [-0.3, -0.25) is 4.79 Å². The first-order valence-electron chi connectivity index (χ1n) is 8.17. The molecule has 0 saturated carbocycles. The van der Waals surface area contributed by atoms with Gasteiger partial charge in [0.2, 0.25) is 6.79 Å². The zero-order valence-corrected chi connectivity index (χ0v) is 14.0. The molecule has 0 radical (unpaired) electrons. The summed E-state index contributed by atoms with van der Waals surface area (Å²) in [5.41, 5.74) is 2.87. The third-order valence-electron chi connectivity index (χ3n) is 4.05. The van der Waals surface area contributed by atoms with E-state index in [1.807, 2.05) is 32.0 Å². The third-order valence-corrected chi connectivity index (χ3v) is 4.05. The van der Waals surface area contributed by atoms with Crippen molar-refractivity contribution in [2.45, 2.75) is 26.3 Å². The summed E-state index contributed by atoms with van der Waals surface area (Å²) >= 11 is 0. The van der Waals surface area contributed by atoms with Crippen LogP contribution in [0.3, 0.4) is 0 Å². The van der Waals surface area contributed by atoms with Gasteiger partial charge in [0.05, 0.1) is 0 Å². The van der Waals surface area contributed by atoms with E-state index in [2.05, 4.69) is 10.3 Å². The highest BCUT2D eigenvalue weighted by atomic mass is 16.7. The van der Waals surface area contributed by atoms with Crippen LogP contribution in [0.4, 0.5) is 0 Å². The molecule has 1 aromatic heterocycles. The molecule has 1 N–H and O–H groups in total. The predicted octanol–water partition coefficient (Wildman–Crippen LogP) is 3.61. The number of carbonyl (C=O) groups excluding carboxylic acids is 1. The minimum Gasteiger partial charge on any atom is -0.454 e. The number of aromatic nitrogens is 1. The lowest BCUT2D eigenvalue weighted by molar-refractivity contribution is 0.0951. The fraction of sp³-hybridized carbons (Fsp3) is 0.263. The van der Waals surface area contributed by atoms with Crippen LogP contribution < -0.4 is 14.8 Å². The van der Waals surface area contributed by atoms with Crippen LogP contribution in [0.15, 0.2) is 40.8 Å². The van der Waals surface area contributed by atoms with E-state index in [4.69, 9.17) is 13.9 Å². The number of fused-ring (bicyclic) bond motifs is 2. The number of hydrogen-bond donors (Lipinski definition) is 1. The maximum Gasteiger partial charge on any atom is 0.251 e. The first kappa shape index (κ1) is 15.5. The van der Waals surface area contributed by atoms with Crippen LogP contribution >= 0.6 is 0 Å². The molecular formula is C19H18N2O4. The number of nitrogens with one attached hydrogen (secondary N) is 1. The Balaban J connectivity index is 1.48. The molecule has 0 bridgehead atoms. The van der Waals surface area contributed by atoms with Crippen LogP contribution in [-0.4, -0.2) is 17.7 Å². The van der Waals surface area contributed by atoms with Crippen LogP contribution in [0.2, 0.25) is 0 Å². The van der Waals surface area contributed by atoms with Gasteiger partial charge in [0, 0.05) is 18.0 Å². The van der Waals surface area contributed by atoms with E-state index in [-0.39, 0.29) is 18.6 Å². The maximum absolute atomic E-state index is 12.4. The Kier molecular flexibility index (Phi) is 3.80. The largest absolute Gasteiger partial charge is 0.454 e. The fourth-order valence-corrected chi connectivity index (χ4v) is 2.67. The molecule has 6 heteroatoms. The summed E-state index contributed by atoms with van der Waals surface area (Å²) in [5.74, 6) is 2.15. The van der Waals surface area contributed by atoms with Crippen molar-refractivity contribution < 1.29 is 18.7 Å². The van der Waals surface area contributed by atoms with Gasteiger partial charge in [-0.25, -0.2) is 4.98 Å². The molecular weight excluding hydrogens is 320 g/mol. The van der Waals surface area contributed by atoms with E-state index in [9.17, 15) is 4.79 Å². The van der Waals surface area contributed by atoms with Crippen molar-refractivity contribution in [3.8, 4) is 11.5 Å². The Labute approximate surface area is 144 Å². The monoisotopic (exact) mass is 338 g/mol. The molecule has 1 amide bonds. The van der Waals surface area contributed by atoms with Crippen LogP contribution in [0.25, 0.3) is 11.1 Å². The molecule has 0 aliphatic carbocycles. The van der Waals surface area contributed by atoms with E-state index in [1.54, 1.807) is 18.2 Å². The van der Waals surface area contributed by atoms with Crippen molar-refractivity contribution in [3.63, 3.8) is 0 Å². The number of carbonyl (C=O) groups is 1. The highest BCUT2D eigenvalue weighted by Crippen LogP contribution is 2.32. The number of ether oxygens (including phenoxy) is 2. The second-order valence-corrected chi connectivity index (χ2v) is 6.26. The summed E-state index contributed by atoms with van der Waals surface area (Å²) in [5, 5.41) is 2.90. The van der Waals surface area contributed by atoms with Crippen molar-refractivity contribution in [1.29, 1.82) is 0 Å². The zero-order chi connectivity index (χ0) is 17.4. The van der Waals surface area contributed by atoms with Gasteiger partial charge in [0.25, 0.3) is 5.91 Å². The molecule has 0 fully saturated rings. The van der Waals surface area contributed by atoms with Gasteiger partial charge < -0.3 is 19.2 Å². The molecule has 1 aliphatic heterocycles. The Morgan fingerprint density at radius 2 is 2.00 bits per heavy atom. The Bertz CT molecular complexity index is 946. The average Bonchev–Trinajstić information content (AvgIpc) is 3.24. The van der Waals surface area contributed by atoms with Gasteiger partial charge in [0.15, 0.2) is 23.0 Å². The molecule has 0 saturated heterocycles. The molecule has 1 aliphatic rings. The molecule has 2 heterocycles. The highest BCUT2D eigenvalue weighted by molar-refractivity contribution is 5.97. The van der Waals surface area contributed by atoms with Crippen molar-refractivity contribution in [1.82, 2.24) is 10.3 Å². The van der Waals surface area contributed by atoms with Gasteiger partial charge in [0.1, 0.15) is 5.52 Å². The summed E-state index contributed by atoms with van der Waals surface area (Å²) < 4.78 is 16.3. The van der Waals surface area contributed by atoms with Gasteiger partial charge in [-0.1, -0.05) is 19.9 Å². The van der Waals surface area contributed by atoms with Crippen LogP contribution in [0.1, 0.15) is 41.6 Å². The van der Waals surface area contributed by atoms with Crippen molar-refractivity contribution in [2.75, 3.05) is 6.79 Å². The highest BCUT2D eigenvalue weighted by Gasteiger charge is 2.15. The van der Waals surface area contributed by atoms with Gasteiger partial charge in [-0.2, -0.15) is 0 Å².